The fraction of sp³-hybridized carbons (Fsp3) is 0.105. The number of anilines is 1. The first kappa shape index (κ1) is 17.7. The van der Waals surface area contributed by atoms with E-state index in [0.29, 0.717) is 10.7 Å². The van der Waals surface area contributed by atoms with Crippen molar-refractivity contribution in [2.45, 2.75) is 6.54 Å². The van der Waals surface area contributed by atoms with E-state index in [1.165, 1.54) is 0 Å². The number of urea groups is 1. The summed E-state index contributed by atoms with van der Waals surface area (Å²) in [6.45, 7) is 3.87. The predicted molar refractivity (Wildman–Crippen MR) is 98.2 cm³/mol. The first-order chi connectivity index (χ1) is 12.5. The highest BCUT2D eigenvalue weighted by molar-refractivity contribution is 6.30. The highest BCUT2D eigenvalue weighted by Crippen LogP contribution is 2.22. The highest BCUT2D eigenvalue weighted by Gasteiger charge is 2.42. The monoisotopic (exact) mass is 369 g/mol. The number of carbonyl (C=O) groups excluding carboxylic acids is 3. The van der Waals surface area contributed by atoms with Crippen molar-refractivity contribution >= 4 is 35.1 Å². The van der Waals surface area contributed by atoms with Gasteiger partial charge in [-0.25, -0.2) is 4.79 Å². The van der Waals surface area contributed by atoms with Crippen LogP contribution in [0.3, 0.4) is 0 Å². The number of rotatable bonds is 5. The van der Waals surface area contributed by atoms with Crippen LogP contribution in [0.15, 0.2) is 66.9 Å². The van der Waals surface area contributed by atoms with Crippen molar-refractivity contribution in [1.82, 2.24) is 10.2 Å². The van der Waals surface area contributed by atoms with E-state index in [-0.39, 0.29) is 12.2 Å². The Morgan fingerprint density at radius 3 is 2.38 bits per heavy atom. The molecule has 2 aromatic carbocycles. The van der Waals surface area contributed by atoms with Crippen molar-refractivity contribution in [2.24, 2.45) is 5.92 Å². The van der Waals surface area contributed by atoms with Crippen molar-refractivity contribution in [3.8, 4) is 0 Å². The number of hydrogen-bond donors (Lipinski definition) is 2. The molecule has 0 bridgehead atoms. The van der Waals surface area contributed by atoms with Crippen LogP contribution in [0.5, 0.6) is 0 Å². The van der Waals surface area contributed by atoms with Crippen LogP contribution in [0.25, 0.3) is 0 Å². The molecule has 0 aromatic heterocycles. The van der Waals surface area contributed by atoms with Gasteiger partial charge in [0, 0.05) is 16.4 Å². The number of benzene rings is 2. The average molecular weight is 370 g/mol. The molecule has 1 aliphatic rings. The Hall–Kier alpha value is -3.12. The van der Waals surface area contributed by atoms with Gasteiger partial charge >= 0.3 is 6.03 Å². The molecule has 0 aliphatic carbocycles. The number of nitrogens with zero attached hydrogens (tertiary/aromatic N) is 1. The molecular weight excluding hydrogens is 354 g/mol. The van der Waals surface area contributed by atoms with Gasteiger partial charge < -0.3 is 5.32 Å². The van der Waals surface area contributed by atoms with Gasteiger partial charge in [0.2, 0.25) is 11.8 Å². The van der Waals surface area contributed by atoms with Crippen molar-refractivity contribution in [1.29, 1.82) is 0 Å². The van der Waals surface area contributed by atoms with Crippen LogP contribution in [0, 0.1) is 5.92 Å². The number of hydrogen-bond acceptors (Lipinski definition) is 4. The molecule has 2 N–H and O–H groups in total. The van der Waals surface area contributed by atoms with E-state index in [1.807, 2.05) is 18.2 Å². The summed E-state index contributed by atoms with van der Waals surface area (Å²) in [4.78, 5) is 38.1. The van der Waals surface area contributed by atoms with Crippen molar-refractivity contribution in [2.75, 3.05) is 5.32 Å². The minimum atomic E-state index is -1.20. The van der Waals surface area contributed by atoms with Crippen LogP contribution < -0.4 is 10.6 Å². The zero-order valence-corrected chi connectivity index (χ0v) is 14.5. The van der Waals surface area contributed by atoms with E-state index in [4.69, 9.17) is 11.6 Å². The lowest BCUT2D eigenvalue weighted by atomic mass is 10.0. The maximum Gasteiger partial charge on any atom is 0.331 e. The van der Waals surface area contributed by atoms with Crippen LogP contribution in [0.4, 0.5) is 10.5 Å². The molecular formula is C19H16ClN3O3. The molecule has 6 nitrogen and oxygen atoms in total. The van der Waals surface area contributed by atoms with Crippen LogP contribution in [0.2, 0.25) is 5.02 Å². The third-order valence-electron chi connectivity index (χ3n) is 3.93. The van der Waals surface area contributed by atoms with E-state index < -0.39 is 23.8 Å². The molecule has 0 spiro atoms. The summed E-state index contributed by atoms with van der Waals surface area (Å²) in [5, 5.41) is 5.70. The van der Waals surface area contributed by atoms with Crippen molar-refractivity contribution in [3.63, 3.8) is 0 Å². The molecule has 4 amide bonds. The molecule has 7 heteroatoms. The Kier molecular flexibility index (Phi) is 5.04. The van der Waals surface area contributed by atoms with E-state index in [2.05, 4.69) is 17.2 Å². The second kappa shape index (κ2) is 7.41. The van der Waals surface area contributed by atoms with Crippen molar-refractivity contribution < 1.29 is 14.4 Å². The smallest absolute Gasteiger partial charge is 0.331 e. The van der Waals surface area contributed by atoms with Gasteiger partial charge in [0.1, 0.15) is 0 Å². The van der Waals surface area contributed by atoms with Crippen LogP contribution >= 0.6 is 11.6 Å². The standard InChI is InChI=1S/C19H16ClN3O3/c1-12(21-15-9-7-14(20)8-10-15)16-17(24)22-19(26)23(18(16)25)11-13-5-3-2-4-6-13/h2-10,16,21H,1,11H2,(H,22,24,26)/t16-/m0/s1. The van der Waals surface area contributed by atoms with Gasteiger partial charge in [-0.2, -0.15) is 0 Å². The van der Waals surface area contributed by atoms with Gasteiger partial charge in [0.05, 0.1) is 6.54 Å². The molecule has 1 atom stereocenters. The molecule has 0 radical (unpaired) electrons. The number of carbonyl (C=O) groups is 3. The minimum Gasteiger partial charge on any atom is -0.358 e. The molecule has 1 saturated heterocycles. The maximum absolute atomic E-state index is 12.8. The number of nitrogens with one attached hydrogen (secondary N) is 2. The molecule has 1 aliphatic heterocycles. The SMILES string of the molecule is C=C(Nc1ccc(Cl)cc1)[C@H]1C(=O)NC(=O)N(Cc2ccccc2)C1=O. The third-order valence-corrected chi connectivity index (χ3v) is 4.18. The number of amides is 4. The lowest BCUT2D eigenvalue weighted by molar-refractivity contribution is -0.141. The molecule has 0 unspecified atom stereocenters. The molecule has 26 heavy (non-hydrogen) atoms. The first-order valence-electron chi connectivity index (χ1n) is 7.87. The van der Waals surface area contributed by atoms with Gasteiger partial charge in [-0.05, 0) is 29.8 Å². The van der Waals surface area contributed by atoms with Gasteiger partial charge in [-0.15, -0.1) is 0 Å². The Bertz CT molecular complexity index is 865. The third kappa shape index (κ3) is 3.75. The number of halogens is 1. The van der Waals surface area contributed by atoms with Gasteiger partial charge in [-0.1, -0.05) is 48.5 Å². The van der Waals surface area contributed by atoms with E-state index in [0.717, 1.165) is 10.5 Å². The summed E-state index contributed by atoms with van der Waals surface area (Å²) in [5.41, 5.74) is 1.59. The lowest BCUT2D eigenvalue weighted by Gasteiger charge is -2.31. The quantitative estimate of drug-likeness (QED) is 0.793. The van der Waals surface area contributed by atoms with Crippen LogP contribution in [-0.2, 0) is 16.1 Å². The Labute approximate surface area is 155 Å². The van der Waals surface area contributed by atoms with Gasteiger partial charge in [0.15, 0.2) is 5.92 Å². The largest absolute Gasteiger partial charge is 0.358 e. The lowest BCUT2D eigenvalue weighted by Crippen LogP contribution is -2.58. The topological polar surface area (TPSA) is 78.5 Å². The summed E-state index contributed by atoms with van der Waals surface area (Å²) in [7, 11) is 0. The Morgan fingerprint density at radius 1 is 1.08 bits per heavy atom. The van der Waals surface area contributed by atoms with Crippen molar-refractivity contribution in [3.05, 3.63) is 77.5 Å². The minimum absolute atomic E-state index is 0.0729. The second-order valence-electron chi connectivity index (χ2n) is 5.79. The molecule has 0 saturated carbocycles. The van der Waals surface area contributed by atoms with E-state index in [1.54, 1.807) is 36.4 Å². The summed E-state index contributed by atoms with van der Waals surface area (Å²) < 4.78 is 0. The van der Waals surface area contributed by atoms with Gasteiger partial charge in [-0.3, -0.25) is 19.8 Å². The van der Waals surface area contributed by atoms with E-state index in [9.17, 15) is 14.4 Å². The van der Waals surface area contributed by atoms with Crippen LogP contribution in [-0.4, -0.2) is 22.7 Å². The maximum atomic E-state index is 12.8. The Morgan fingerprint density at radius 2 is 1.73 bits per heavy atom. The molecule has 3 rings (SSSR count). The average Bonchev–Trinajstić information content (AvgIpc) is 2.61. The molecule has 132 valence electrons. The first-order valence-corrected chi connectivity index (χ1v) is 8.25. The predicted octanol–water partition coefficient (Wildman–Crippen LogP) is 3.16. The summed E-state index contributed by atoms with van der Waals surface area (Å²) in [6, 6.07) is 15.1. The fourth-order valence-corrected chi connectivity index (χ4v) is 2.75. The summed E-state index contributed by atoms with van der Waals surface area (Å²) >= 11 is 5.84. The molecule has 1 heterocycles. The second-order valence-corrected chi connectivity index (χ2v) is 6.23. The van der Waals surface area contributed by atoms with Crippen LogP contribution in [0.1, 0.15) is 5.56 Å². The number of barbiturate groups is 1. The summed E-state index contributed by atoms with van der Waals surface area (Å²) in [5.74, 6) is -2.52. The van der Waals surface area contributed by atoms with Gasteiger partial charge in [0.25, 0.3) is 0 Å². The zero-order chi connectivity index (χ0) is 18.7. The molecule has 1 fully saturated rings. The molecule has 2 aromatic rings. The normalized spacial score (nSPS) is 17.0. The zero-order valence-electron chi connectivity index (χ0n) is 13.7. The number of imide groups is 2. The fourth-order valence-electron chi connectivity index (χ4n) is 2.63. The van der Waals surface area contributed by atoms with E-state index >= 15 is 0 Å². The summed E-state index contributed by atoms with van der Waals surface area (Å²) in [6.07, 6.45) is 0. The highest BCUT2D eigenvalue weighted by atomic mass is 35.5. The Balaban J connectivity index is 1.78.